The molecule has 5 heteroatoms. The fraction of sp³-hybridized carbons (Fsp3) is 0.632. The number of ether oxygens (including phenoxy) is 2. The number of nitrogens with one attached hydrogen (secondary N) is 2. The first-order chi connectivity index (χ1) is 11.7. The number of hydrogen-bond acceptors (Lipinski definition) is 4. The van der Waals surface area contributed by atoms with Crippen molar-refractivity contribution in [1.29, 1.82) is 0 Å². The van der Waals surface area contributed by atoms with Crippen LogP contribution in [0.2, 0.25) is 0 Å². The molecule has 1 aromatic carbocycles. The van der Waals surface area contributed by atoms with Gasteiger partial charge in [-0.3, -0.25) is 4.79 Å². The number of carbonyl (C=O) groups excluding carboxylic acids is 1. The lowest BCUT2D eigenvalue weighted by molar-refractivity contribution is -0.128. The second-order valence-electron chi connectivity index (χ2n) is 6.37. The Hall–Kier alpha value is -1.59. The third kappa shape index (κ3) is 4.71. The van der Waals surface area contributed by atoms with Gasteiger partial charge in [0.05, 0.1) is 19.1 Å². The molecule has 0 unspecified atom stereocenters. The Morgan fingerprint density at radius 3 is 2.38 bits per heavy atom. The molecule has 1 aliphatic carbocycles. The first-order valence-electron chi connectivity index (χ1n) is 8.85. The van der Waals surface area contributed by atoms with Crippen LogP contribution >= 0.6 is 0 Å². The van der Waals surface area contributed by atoms with Crippen LogP contribution in [-0.4, -0.2) is 46.4 Å². The molecule has 0 spiro atoms. The molecule has 0 radical (unpaired) electrons. The molecule has 5 nitrogen and oxygen atoms in total. The molecule has 1 fully saturated rings. The molecular weight excluding hydrogens is 304 g/mol. The largest absolute Gasteiger partial charge is 0.497 e. The molecule has 0 aromatic heterocycles. The average Bonchev–Trinajstić information content (AvgIpc) is 2.65. The van der Waals surface area contributed by atoms with Crippen molar-refractivity contribution in [2.24, 2.45) is 0 Å². The first kappa shape index (κ1) is 18.7. The van der Waals surface area contributed by atoms with Gasteiger partial charge in [-0.2, -0.15) is 0 Å². The zero-order valence-corrected chi connectivity index (χ0v) is 14.9. The van der Waals surface area contributed by atoms with Gasteiger partial charge in [0.25, 0.3) is 0 Å². The van der Waals surface area contributed by atoms with Crippen molar-refractivity contribution in [1.82, 2.24) is 10.6 Å². The summed E-state index contributed by atoms with van der Waals surface area (Å²) in [6, 6.07) is 7.98. The zero-order chi connectivity index (χ0) is 17.3. The molecule has 1 amide bonds. The van der Waals surface area contributed by atoms with E-state index in [0.717, 1.165) is 50.1 Å². The summed E-state index contributed by atoms with van der Waals surface area (Å²) < 4.78 is 10.2. The van der Waals surface area contributed by atoms with Gasteiger partial charge in [-0.25, -0.2) is 0 Å². The van der Waals surface area contributed by atoms with Crippen LogP contribution in [0.5, 0.6) is 5.75 Å². The molecule has 0 atom stereocenters. The molecule has 2 N–H and O–H groups in total. The Morgan fingerprint density at radius 2 is 1.75 bits per heavy atom. The zero-order valence-electron chi connectivity index (χ0n) is 14.9. The number of hydrogen-bond donors (Lipinski definition) is 2. The van der Waals surface area contributed by atoms with Crippen LogP contribution in [0.25, 0.3) is 0 Å². The highest BCUT2D eigenvalue weighted by molar-refractivity contribution is 5.88. The molecule has 1 aromatic rings. The third-order valence-electron chi connectivity index (χ3n) is 4.85. The fourth-order valence-corrected chi connectivity index (χ4v) is 3.45. The predicted octanol–water partition coefficient (Wildman–Crippen LogP) is 2.25. The van der Waals surface area contributed by atoms with E-state index in [1.807, 2.05) is 24.3 Å². The Bertz CT molecular complexity index is 496. The molecule has 2 rings (SSSR count). The predicted molar refractivity (Wildman–Crippen MR) is 95.5 cm³/mol. The van der Waals surface area contributed by atoms with Crippen LogP contribution in [0.3, 0.4) is 0 Å². The van der Waals surface area contributed by atoms with Crippen LogP contribution in [0.4, 0.5) is 0 Å². The maximum absolute atomic E-state index is 13.0. The third-order valence-corrected chi connectivity index (χ3v) is 4.85. The minimum atomic E-state index is -0.392. The molecule has 134 valence electrons. The summed E-state index contributed by atoms with van der Waals surface area (Å²) >= 11 is 0. The van der Waals surface area contributed by atoms with E-state index in [0.29, 0.717) is 13.2 Å². The van der Waals surface area contributed by atoms with Crippen molar-refractivity contribution >= 4 is 5.91 Å². The lowest BCUT2D eigenvalue weighted by Gasteiger charge is -2.36. The van der Waals surface area contributed by atoms with Gasteiger partial charge in [-0.05, 0) is 30.5 Å². The van der Waals surface area contributed by atoms with Gasteiger partial charge in [0.1, 0.15) is 5.75 Å². The minimum Gasteiger partial charge on any atom is -0.497 e. The summed E-state index contributed by atoms with van der Waals surface area (Å²) in [6.45, 7) is 2.88. The van der Waals surface area contributed by atoms with Gasteiger partial charge < -0.3 is 20.1 Å². The fourth-order valence-electron chi connectivity index (χ4n) is 3.45. The normalized spacial score (nSPS) is 16.6. The van der Waals surface area contributed by atoms with Gasteiger partial charge in [0, 0.05) is 26.7 Å². The maximum atomic E-state index is 13.0. The number of carbonyl (C=O) groups is 1. The van der Waals surface area contributed by atoms with Gasteiger partial charge in [-0.15, -0.1) is 0 Å². The van der Waals surface area contributed by atoms with Crippen LogP contribution in [0.15, 0.2) is 24.3 Å². The number of rotatable bonds is 9. The summed E-state index contributed by atoms with van der Waals surface area (Å²) in [5, 5.41) is 6.38. The van der Waals surface area contributed by atoms with E-state index in [4.69, 9.17) is 9.47 Å². The molecule has 0 bridgehead atoms. The van der Waals surface area contributed by atoms with Crippen molar-refractivity contribution in [3.63, 3.8) is 0 Å². The van der Waals surface area contributed by atoms with E-state index >= 15 is 0 Å². The van der Waals surface area contributed by atoms with Crippen molar-refractivity contribution in [2.45, 2.75) is 37.5 Å². The van der Waals surface area contributed by atoms with Crippen LogP contribution in [0.1, 0.15) is 37.7 Å². The summed E-state index contributed by atoms with van der Waals surface area (Å²) in [6.07, 6.45) is 5.26. The molecule has 0 saturated heterocycles. The maximum Gasteiger partial charge on any atom is 0.230 e. The smallest absolute Gasteiger partial charge is 0.230 e. The van der Waals surface area contributed by atoms with Crippen molar-refractivity contribution in [2.75, 3.05) is 40.5 Å². The molecule has 24 heavy (non-hydrogen) atoms. The highest BCUT2D eigenvalue weighted by Crippen LogP contribution is 2.40. The van der Waals surface area contributed by atoms with Crippen LogP contribution in [0, 0.1) is 0 Å². The van der Waals surface area contributed by atoms with E-state index in [1.165, 1.54) is 6.42 Å². The second kappa shape index (κ2) is 9.64. The summed E-state index contributed by atoms with van der Waals surface area (Å²) in [5.41, 5.74) is 0.713. The topological polar surface area (TPSA) is 59.6 Å². The minimum absolute atomic E-state index is 0.154. The quantitative estimate of drug-likeness (QED) is 0.680. The molecular formula is C19H30N2O3. The standard InChI is InChI=1S/C19H30N2O3/c1-23-15-14-20-12-13-21-18(22)19(10-4-3-5-11-19)16-6-8-17(24-2)9-7-16/h6-9,20H,3-5,10-15H2,1-2H3,(H,21,22). The first-order valence-corrected chi connectivity index (χ1v) is 8.85. The highest BCUT2D eigenvalue weighted by atomic mass is 16.5. The van der Waals surface area contributed by atoms with Crippen molar-refractivity contribution < 1.29 is 14.3 Å². The molecule has 0 aliphatic heterocycles. The second-order valence-corrected chi connectivity index (χ2v) is 6.37. The Morgan fingerprint density at radius 1 is 1.04 bits per heavy atom. The SMILES string of the molecule is COCCNCCNC(=O)C1(c2ccc(OC)cc2)CCCCC1. The number of methoxy groups -OCH3 is 2. The Labute approximate surface area is 145 Å². The molecule has 1 saturated carbocycles. The van der Waals surface area contributed by atoms with Gasteiger partial charge in [-0.1, -0.05) is 31.4 Å². The van der Waals surface area contributed by atoms with Gasteiger partial charge in [0.15, 0.2) is 0 Å². The summed E-state index contributed by atoms with van der Waals surface area (Å²) in [5.74, 6) is 0.980. The lowest BCUT2D eigenvalue weighted by Crippen LogP contribution is -2.47. The van der Waals surface area contributed by atoms with E-state index in [-0.39, 0.29) is 5.91 Å². The molecule has 0 heterocycles. The summed E-state index contributed by atoms with van der Waals surface area (Å²) in [7, 11) is 3.35. The van der Waals surface area contributed by atoms with Crippen molar-refractivity contribution in [3.05, 3.63) is 29.8 Å². The van der Waals surface area contributed by atoms with E-state index in [9.17, 15) is 4.79 Å². The number of benzene rings is 1. The Kier molecular flexibility index (Phi) is 7.53. The lowest BCUT2D eigenvalue weighted by atomic mass is 9.68. The molecule has 1 aliphatic rings. The summed E-state index contributed by atoms with van der Waals surface area (Å²) in [4.78, 5) is 13.0. The number of amides is 1. The van der Waals surface area contributed by atoms with E-state index in [2.05, 4.69) is 10.6 Å². The van der Waals surface area contributed by atoms with E-state index in [1.54, 1.807) is 14.2 Å². The van der Waals surface area contributed by atoms with Crippen molar-refractivity contribution in [3.8, 4) is 5.75 Å². The highest BCUT2D eigenvalue weighted by Gasteiger charge is 2.40. The van der Waals surface area contributed by atoms with Gasteiger partial charge in [0.2, 0.25) is 5.91 Å². The van der Waals surface area contributed by atoms with Gasteiger partial charge >= 0.3 is 0 Å². The Balaban J connectivity index is 1.99. The van der Waals surface area contributed by atoms with Crippen LogP contribution < -0.4 is 15.4 Å². The average molecular weight is 334 g/mol. The van der Waals surface area contributed by atoms with Crippen LogP contribution in [-0.2, 0) is 14.9 Å². The van der Waals surface area contributed by atoms with E-state index < -0.39 is 5.41 Å². The monoisotopic (exact) mass is 334 g/mol.